The van der Waals surface area contributed by atoms with Crippen molar-refractivity contribution in [3.63, 3.8) is 0 Å². The minimum atomic E-state index is 0.629. The Morgan fingerprint density at radius 2 is 2.00 bits per heavy atom. The molecule has 1 fully saturated rings. The Morgan fingerprint density at radius 1 is 1.10 bits per heavy atom. The van der Waals surface area contributed by atoms with Gasteiger partial charge in [-0.15, -0.1) is 0 Å². The van der Waals surface area contributed by atoms with Gasteiger partial charge in [0.1, 0.15) is 0 Å². The molecule has 1 saturated heterocycles. The smallest absolute Gasteiger partial charge is 0.0536 e. The van der Waals surface area contributed by atoms with Crippen molar-refractivity contribution < 1.29 is 0 Å². The van der Waals surface area contributed by atoms with E-state index in [1.807, 2.05) is 0 Å². The maximum Gasteiger partial charge on any atom is 0.0536 e. The molecule has 1 aliphatic carbocycles. The lowest BCUT2D eigenvalue weighted by molar-refractivity contribution is 0.229. The first-order valence-electron chi connectivity index (χ1n) is 8.40. The van der Waals surface area contributed by atoms with Gasteiger partial charge < -0.3 is 4.98 Å². The summed E-state index contributed by atoms with van der Waals surface area (Å²) in [5.74, 6) is 1.69. The topological polar surface area (TPSA) is 19.0 Å². The summed E-state index contributed by atoms with van der Waals surface area (Å²) >= 11 is 0. The van der Waals surface area contributed by atoms with Crippen LogP contribution in [0.1, 0.15) is 36.6 Å². The monoisotopic (exact) mass is 278 g/mol. The Kier molecular flexibility index (Phi) is 2.57. The standard InChI is InChI=1S/C19H22N2/c1-2-7-14-13(6-1)12-21-11-5-9-16-15-8-3-4-10-17(15)20-18(16)19(14)21/h1-4,8,10,13-14,19-20H,5-7,9,11-12H2/t13-,14-,19-/m1/s1. The summed E-state index contributed by atoms with van der Waals surface area (Å²) < 4.78 is 0. The van der Waals surface area contributed by atoms with Gasteiger partial charge in [-0.25, -0.2) is 0 Å². The minimum Gasteiger partial charge on any atom is -0.357 e. The summed E-state index contributed by atoms with van der Waals surface area (Å²) in [5.41, 5.74) is 4.48. The van der Waals surface area contributed by atoms with Gasteiger partial charge in [0.15, 0.2) is 0 Å². The molecule has 108 valence electrons. The van der Waals surface area contributed by atoms with Gasteiger partial charge in [-0.3, -0.25) is 4.90 Å². The summed E-state index contributed by atoms with van der Waals surface area (Å²) in [6.07, 6.45) is 9.91. The third kappa shape index (κ3) is 1.69. The van der Waals surface area contributed by atoms with Crippen LogP contribution in [0.2, 0.25) is 0 Å². The molecule has 0 saturated carbocycles. The van der Waals surface area contributed by atoms with Crippen molar-refractivity contribution in [2.24, 2.45) is 11.8 Å². The van der Waals surface area contributed by atoms with Crippen LogP contribution in [0.3, 0.4) is 0 Å². The summed E-state index contributed by atoms with van der Waals surface area (Å²) in [7, 11) is 0. The second-order valence-corrected chi connectivity index (χ2v) is 6.97. The molecule has 0 unspecified atom stereocenters. The average molecular weight is 278 g/mol. The Bertz CT molecular complexity index is 711. The lowest BCUT2D eigenvalue weighted by Crippen LogP contribution is -2.25. The van der Waals surface area contributed by atoms with E-state index in [1.165, 1.54) is 55.4 Å². The lowest BCUT2D eigenvalue weighted by atomic mass is 9.80. The van der Waals surface area contributed by atoms with Crippen molar-refractivity contribution in [2.45, 2.75) is 31.7 Å². The highest BCUT2D eigenvalue weighted by Gasteiger charge is 2.44. The Labute approximate surface area is 125 Å². The molecule has 1 aromatic heterocycles. The molecule has 0 radical (unpaired) electrons. The van der Waals surface area contributed by atoms with Crippen molar-refractivity contribution in [1.29, 1.82) is 0 Å². The number of H-pyrrole nitrogens is 1. The number of nitrogens with zero attached hydrogens (tertiary/aromatic N) is 1. The SMILES string of the molecule is C1=CC[C@@H]2[C@H](C1)CN1CCCc3c([nH]c4ccccc34)[C@@H]21. The van der Waals surface area contributed by atoms with Crippen molar-refractivity contribution in [3.8, 4) is 0 Å². The molecular weight excluding hydrogens is 256 g/mol. The van der Waals surface area contributed by atoms with Crippen LogP contribution >= 0.6 is 0 Å². The molecule has 1 N–H and O–H groups in total. The highest BCUT2D eigenvalue weighted by Crippen LogP contribution is 2.48. The molecule has 2 aliphatic heterocycles. The number of para-hydroxylation sites is 1. The molecule has 5 rings (SSSR count). The molecule has 2 aromatic rings. The number of rotatable bonds is 0. The molecule has 1 aromatic carbocycles. The van der Waals surface area contributed by atoms with Crippen LogP contribution < -0.4 is 0 Å². The van der Waals surface area contributed by atoms with Gasteiger partial charge in [0.25, 0.3) is 0 Å². The minimum absolute atomic E-state index is 0.629. The van der Waals surface area contributed by atoms with Crippen molar-refractivity contribution in [1.82, 2.24) is 9.88 Å². The van der Waals surface area contributed by atoms with Gasteiger partial charge in [-0.2, -0.15) is 0 Å². The quantitative estimate of drug-likeness (QED) is 0.720. The first-order valence-corrected chi connectivity index (χ1v) is 8.40. The Morgan fingerprint density at radius 3 is 3.00 bits per heavy atom. The molecule has 21 heavy (non-hydrogen) atoms. The highest BCUT2D eigenvalue weighted by atomic mass is 15.2. The van der Waals surface area contributed by atoms with E-state index in [2.05, 4.69) is 46.3 Å². The van der Waals surface area contributed by atoms with Crippen LogP contribution in [-0.2, 0) is 6.42 Å². The summed E-state index contributed by atoms with van der Waals surface area (Å²) in [4.78, 5) is 6.56. The molecule has 3 heterocycles. The zero-order valence-corrected chi connectivity index (χ0v) is 12.4. The van der Waals surface area contributed by atoms with Gasteiger partial charge in [0.05, 0.1) is 6.04 Å². The zero-order valence-electron chi connectivity index (χ0n) is 12.4. The fraction of sp³-hybridized carbons (Fsp3) is 0.474. The molecule has 2 nitrogen and oxygen atoms in total. The number of fused-ring (bicyclic) bond motifs is 7. The third-order valence-electron chi connectivity index (χ3n) is 5.90. The maximum absolute atomic E-state index is 3.79. The number of aromatic nitrogens is 1. The van der Waals surface area contributed by atoms with Crippen LogP contribution in [0.25, 0.3) is 10.9 Å². The predicted molar refractivity (Wildman–Crippen MR) is 86.3 cm³/mol. The summed E-state index contributed by atoms with van der Waals surface area (Å²) in [6, 6.07) is 9.50. The largest absolute Gasteiger partial charge is 0.357 e. The van der Waals surface area contributed by atoms with Crippen molar-refractivity contribution in [2.75, 3.05) is 13.1 Å². The molecular formula is C19H22N2. The van der Waals surface area contributed by atoms with Crippen LogP contribution in [0.5, 0.6) is 0 Å². The predicted octanol–water partition coefficient (Wildman–Crippen LogP) is 4.05. The fourth-order valence-electron chi connectivity index (χ4n) is 5.00. The van der Waals surface area contributed by atoms with Gasteiger partial charge >= 0.3 is 0 Å². The summed E-state index contributed by atoms with van der Waals surface area (Å²) in [6.45, 7) is 2.57. The molecule has 0 bridgehead atoms. The second kappa shape index (κ2) is 4.48. The first-order chi connectivity index (χ1) is 10.4. The Hall–Kier alpha value is -1.54. The second-order valence-electron chi connectivity index (χ2n) is 6.97. The number of hydrogen-bond donors (Lipinski definition) is 1. The zero-order chi connectivity index (χ0) is 13.8. The van der Waals surface area contributed by atoms with Crippen molar-refractivity contribution in [3.05, 3.63) is 47.7 Å². The normalized spacial score (nSPS) is 31.7. The number of aromatic amines is 1. The van der Waals surface area contributed by atoms with E-state index in [9.17, 15) is 0 Å². The van der Waals surface area contributed by atoms with Gasteiger partial charge in [-0.05, 0) is 55.7 Å². The number of nitrogens with one attached hydrogen (secondary N) is 1. The molecule has 0 amide bonds. The van der Waals surface area contributed by atoms with Gasteiger partial charge in [0.2, 0.25) is 0 Å². The molecule has 0 spiro atoms. The van der Waals surface area contributed by atoms with E-state index < -0.39 is 0 Å². The first kappa shape index (κ1) is 12.0. The van der Waals surface area contributed by atoms with Gasteiger partial charge in [-0.1, -0.05) is 30.4 Å². The number of benzene rings is 1. The highest BCUT2D eigenvalue weighted by molar-refractivity contribution is 5.85. The van der Waals surface area contributed by atoms with Crippen LogP contribution in [0, 0.1) is 11.8 Å². The Balaban J connectivity index is 1.69. The van der Waals surface area contributed by atoms with Crippen LogP contribution in [0.4, 0.5) is 0 Å². The number of allylic oxidation sites excluding steroid dienone is 2. The third-order valence-corrected chi connectivity index (χ3v) is 5.90. The number of aryl methyl sites for hydroxylation is 1. The van der Waals surface area contributed by atoms with E-state index in [0.717, 1.165) is 11.8 Å². The molecule has 2 heteroatoms. The number of hydrogen-bond acceptors (Lipinski definition) is 1. The lowest BCUT2D eigenvalue weighted by Gasteiger charge is -2.27. The van der Waals surface area contributed by atoms with E-state index in [0.29, 0.717) is 6.04 Å². The van der Waals surface area contributed by atoms with E-state index >= 15 is 0 Å². The summed E-state index contributed by atoms with van der Waals surface area (Å²) in [5, 5.41) is 1.46. The van der Waals surface area contributed by atoms with Crippen LogP contribution in [0.15, 0.2) is 36.4 Å². The van der Waals surface area contributed by atoms with E-state index in [1.54, 1.807) is 5.56 Å². The van der Waals surface area contributed by atoms with Crippen LogP contribution in [-0.4, -0.2) is 23.0 Å². The maximum atomic E-state index is 3.79. The average Bonchev–Trinajstić information content (AvgIpc) is 3.00. The van der Waals surface area contributed by atoms with Gasteiger partial charge in [0, 0.05) is 23.1 Å². The van der Waals surface area contributed by atoms with E-state index in [-0.39, 0.29) is 0 Å². The van der Waals surface area contributed by atoms with E-state index in [4.69, 9.17) is 0 Å². The fourth-order valence-corrected chi connectivity index (χ4v) is 5.00. The molecule has 3 atom stereocenters. The molecule has 3 aliphatic rings. The van der Waals surface area contributed by atoms with Crippen molar-refractivity contribution >= 4 is 10.9 Å².